The molecule has 120 valence electrons. The second-order valence-corrected chi connectivity index (χ2v) is 4.61. The molecule has 2 N–H and O–H groups in total. The summed E-state index contributed by atoms with van der Waals surface area (Å²) in [5.74, 6) is -1.47. The molecule has 23 heavy (non-hydrogen) atoms. The number of benzene rings is 1. The lowest BCUT2D eigenvalue weighted by atomic mass is 10.2. The third-order valence-corrected chi connectivity index (χ3v) is 2.97. The number of amides is 2. The Kier molecular flexibility index (Phi) is 5.76. The van der Waals surface area contributed by atoms with E-state index >= 15 is 0 Å². The van der Waals surface area contributed by atoms with Crippen molar-refractivity contribution in [2.75, 3.05) is 25.6 Å². The SMILES string of the molecule is COCCNC(=O)c1cc(C(=O)Nc2ccccc2F)ccn1. The van der Waals surface area contributed by atoms with Crippen molar-refractivity contribution in [1.29, 1.82) is 0 Å². The van der Waals surface area contributed by atoms with Gasteiger partial charge in [0.25, 0.3) is 11.8 Å². The molecule has 2 amide bonds. The van der Waals surface area contributed by atoms with Gasteiger partial charge in [-0.25, -0.2) is 4.39 Å². The number of aromatic nitrogens is 1. The maximum atomic E-state index is 13.5. The van der Waals surface area contributed by atoms with Gasteiger partial charge in [0.2, 0.25) is 0 Å². The summed E-state index contributed by atoms with van der Waals surface area (Å²) in [6.07, 6.45) is 1.35. The fraction of sp³-hybridized carbons (Fsp3) is 0.188. The van der Waals surface area contributed by atoms with Crippen LogP contribution in [0.5, 0.6) is 0 Å². The highest BCUT2D eigenvalue weighted by molar-refractivity contribution is 6.05. The van der Waals surface area contributed by atoms with E-state index in [1.165, 1.54) is 43.6 Å². The molecule has 0 aliphatic rings. The first-order chi connectivity index (χ1) is 11.1. The van der Waals surface area contributed by atoms with E-state index in [9.17, 15) is 14.0 Å². The van der Waals surface area contributed by atoms with Crippen LogP contribution in [-0.4, -0.2) is 37.1 Å². The zero-order valence-electron chi connectivity index (χ0n) is 12.5. The number of ether oxygens (including phenoxy) is 1. The Bertz CT molecular complexity index is 706. The molecule has 0 saturated carbocycles. The monoisotopic (exact) mass is 317 g/mol. The van der Waals surface area contributed by atoms with Gasteiger partial charge in [-0.05, 0) is 24.3 Å². The van der Waals surface area contributed by atoms with Crippen molar-refractivity contribution in [3.05, 3.63) is 59.7 Å². The summed E-state index contributed by atoms with van der Waals surface area (Å²) >= 11 is 0. The number of carbonyl (C=O) groups is 2. The van der Waals surface area contributed by atoms with Crippen molar-refractivity contribution in [3.63, 3.8) is 0 Å². The van der Waals surface area contributed by atoms with E-state index in [0.29, 0.717) is 13.2 Å². The largest absolute Gasteiger partial charge is 0.383 e. The van der Waals surface area contributed by atoms with Crippen LogP contribution in [0.3, 0.4) is 0 Å². The average Bonchev–Trinajstić information content (AvgIpc) is 2.57. The van der Waals surface area contributed by atoms with Crippen molar-refractivity contribution < 1.29 is 18.7 Å². The lowest BCUT2D eigenvalue weighted by molar-refractivity contribution is 0.0932. The number of anilines is 1. The van der Waals surface area contributed by atoms with E-state index in [1.54, 1.807) is 6.07 Å². The number of halogens is 1. The second kappa shape index (κ2) is 8.00. The molecule has 0 aliphatic heterocycles. The van der Waals surface area contributed by atoms with Gasteiger partial charge in [0.05, 0.1) is 12.3 Å². The maximum Gasteiger partial charge on any atom is 0.269 e. The van der Waals surface area contributed by atoms with Gasteiger partial charge in [-0.3, -0.25) is 14.6 Å². The first-order valence-corrected chi connectivity index (χ1v) is 6.91. The molecule has 0 spiro atoms. The van der Waals surface area contributed by atoms with Gasteiger partial charge in [0.1, 0.15) is 11.5 Å². The zero-order valence-corrected chi connectivity index (χ0v) is 12.5. The van der Waals surface area contributed by atoms with Crippen LogP contribution < -0.4 is 10.6 Å². The van der Waals surface area contributed by atoms with E-state index in [0.717, 1.165) is 0 Å². The van der Waals surface area contributed by atoms with Crippen LogP contribution in [0.4, 0.5) is 10.1 Å². The number of hydrogen-bond donors (Lipinski definition) is 2. The molecule has 1 aromatic carbocycles. The molecule has 1 heterocycles. The van der Waals surface area contributed by atoms with Crippen molar-refractivity contribution >= 4 is 17.5 Å². The molecule has 0 unspecified atom stereocenters. The predicted molar refractivity (Wildman–Crippen MR) is 82.8 cm³/mol. The maximum absolute atomic E-state index is 13.5. The van der Waals surface area contributed by atoms with Crippen LogP contribution >= 0.6 is 0 Å². The Hall–Kier alpha value is -2.80. The van der Waals surface area contributed by atoms with E-state index < -0.39 is 17.6 Å². The van der Waals surface area contributed by atoms with Gasteiger partial charge in [-0.2, -0.15) is 0 Å². The molecule has 0 saturated heterocycles. The van der Waals surface area contributed by atoms with E-state index in [4.69, 9.17) is 4.74 Å². The second-order valence-electron chi connectivity index (χ2n) is 4.61. The molecule has 2 rings (SSSR count). The zero-order chi connectivity index (χ0) is 16.7. The van der Waals surface area contributed by atoms with Crippen LogP contribution in [-0.2, 0) is 4.74 Å². The van der Waals surface area contributed by atoms with E-state index in [1.807, 2.05) is 0 Å². The Balaban J connectivity index is 2.08. The lowest BCUT2D eigenvalue weighted by Gasteiger charge is -2.08. The molecule has 0 atom stereocenters. The molecule has 2 aromatic rings. The minimum Gasteiger partial charge on any atom is -0.383 e. The molecule has 0 aliphatic carbocycles. The fourth-order valence-corrected chi connectivity index (χ4v) is 1.81. The highest BCUT2D eigenvalue weighted by Crippen LogP contribution is 2.14. The standard InChI is InChI=1S/C16H16FN3O3/c1-23-9-8-19-16(22)14-10-11(6-7-18-14)15(21)20-13-5-3-2-4-12(13)17/h2-7,10H,8-9H2,1H3,(H,19,22)(H,20,21). The van der Waals surface area contributed by atoms with Crippen molar-refractivity contribution in [2.45, 2.75) is 0 Å². The summed E-state index contributed by atoms with van der Waals surface area (Å²) in [4.78, 5) is 27.9. The number of methoxy groups -OCH3 is 1. The number of pyridine rings is 1. The van der Waals surface area contributed by atoms with Crippen LogP contribution in [0.25, 0.3) is 0 Å². The summed E-state index contributed by atoms with van der Waals surface area (Å²) < 4.78 is 18.4. The third kappa shape index (κ3) is 4.58. The minimum absolute atomic E-state index is 0.0698. The van der Waals surface area contributed by atoms with Gasteiger partial charge in [0, 0.05) is 25.4 Å². The van der Waals surface area contributed by atoms with Crippen molar-refractivity contribution in [1.82, 2.24) is 10.3 Å². The number of rotatable bonds is 6. The van der Waals surface area contributed by atoms with Crippen molar-refractivity contribution in [3.8, 4) is 0 Å². The highest BCUT2D eigenvalue weighted by Gasteiger charge is 2.13. The molecular weight excluding hydrogens is 301 g/mol. The van der Waals surface area contributed by atoms with Crippen molar-refractivity contribution in [2.24, 2.45) is 0 Å². The number of carbonyl (C=O) groups excluding carboxylic acids is 2. The fourth-order valence-electron chi connectivity index (χ4n) is 1.81. The van der Waals surface area contributed by atoms with Gasteiger partial charge in [-0.1, -0.05) is 12.1 Å². The highest BCUT2D eigenvalue weighted by atomic mass is 19.1. The Morgan fingerprint density at radius 1 is 1.22 bits per heavy atom. The molecule has 6 nitrogen and oxygen atoms in total. The van der Waals surface area contributed by atoms with Gasteiger partial charge >= 0.3 is 0 Å². The first-order valence-electron chi connectivity index (χ1n) is 6.91. The first kappa shape index (κ1) is 16.6. The van der Waals surface area contributed by atoms with Gasteiger partial charge in [0.15, 0.2) is 0 Å². The Labute approximate surface area is 132 Å². The van der Waals surface area contributed by atoms with Crippen LogP contribution in [0.2, 0.25) is 0 Å². The van der Waals surface area contributed by atoms with Gasteiger partial charge in [-0.15, -0.1) is 0 Å². The number of hydrogen-bond acceptors (Lipinski definition) is 4. The predicted octanol–water partition coefficient (Wildman–Crippen LogP) is 1.85. The third-order valence-electron chi connectivity index (χ3n) is 2.97. The summed E-state index contributed by atoms with van der Waals surface area (Å²) in [6.45, 7) is 0.710. The smallest absolute Gasteiger partial charge is 0.269 e. The quantitative estimate of drug-likeness (QED) is 0.797. The molecule has 0 bridgehead atoms. The lowest BCUT2D eigenvalue weighted by Crippen LogP contribution is -2.28. The van der Waals surface area contributed by atoms with Crippen LogP contribution in [0.15, 0.2) is 42.6 Å². The van der Waals surface area contributed by atoms with Crippen LogP contribution in [0.1, 0.15) is 20.8 Å². The Morgan fingerprint density at radius 2 is 2.00 bits per heavy atom. The topological polar surface area (TPSA) is 80.3 Å². The molecule has 0 fully saturated rings. The van der Waals surface area contributed by atoms with E-state index in [-0.39, 0.29) is 16.9 Å². The van der Waals surface area contributed by atoms with Gasteiger partial charge < -0.3 is 15.4 Å². The summed E-state index contributed by atoms with van der Waals surface area (Å²) in [5, 5.41) is 5.06. The normalized spacial score (nSPS) is 10.2. The molecule has 7 heteroatoms. The molecule has 0 radical (unpaired) electrons. The average molecular weight is 317 g/mol. The molecule has 1 aromatic heterocycles. The number of nitrogens with zero attached hydrogens (tertiary/aromatic N) is 1. The summed E-state index contributed by atoms with van der Waals surface area (Å²) in [7, 11) is 1.53. The summed E-state index contributed by atoms with van der Waals surface area (Å²) in [5.41, 5.74) is 0.378. The Morgan fingerprint density at radius 3 is 2.74 bits per heavy atom. The minimum atomic E-state index is -0.535. The molecular formula is C16H16FN3O3. The van der Waals surface area contributed by atoms with E-state index in [2.05, 4.69) is 15.6 Å². The number of para-hydroxylation sites is 1. The number of nitrogens with one attached hydrogen (secondary N) is 2. The summed E-state index contributed by atoms with van der Waals surface area (Å²) in [6, 6.07) is 8.63. The van der Waals surface area contributed by atoms with Crippen LogP contribution in [0, 0.1) is 5.82 Å².